The fourth-order valence-corrected chi connectivity index (χ4v) is 3.43. The van der Waals surface area contributed by atoms with E-state index in [0.29, 0.717) is 0 Å². The lowest BCUT2D eigenvalue weighted by molar-refractivity contribution is -0.384. The molecule has 0 aromatic heterocycles. The van der Waals surface area contributed by atoms with E-state index in [2.05, 4.69) is 15.9 Å². The summed E-state index contributed by atoms with van der Waals surface area (Å²) >= 11 is 3.38. The van der Waals surface area contributed by atoms with Crippen molar-refractivity contribution in [1.29, 1.82) is 0 Å². The highest BCUT2D eigenvalue weighted by Crippen LogP contribution is 2.22. The van der Waals surface area contributed by atoms with Gasteiger partial charge in [0.1, 0.15) is 0 Å². The van der Waals surface area contributed by atoms with E-state index in [9.17, 15) is 18.5 Å². The molecule has 22 heavy (non-hydrogen) atoms. The fraction of sp³-hybridized carbons (Fsp3) is 0.143. The maximum atomic E-state index is 12.5. The zero-order valence-corrected chi connectivity index (χ0v) is 14.0. The monoisotopic (exact) mass is 384 g/mol. The first-order valence-electron chi connectivity index (χ1n) is 6.26. The Morgan fingerprint density at radius 1 is 1.14 bits per heavy atom. The molecule has 0 saturated carbocycles. The Balaban J connectivity index is 2.26. The molecule has 2 rings (SSSR count). The third kappa shape index (κ3) is 3.52. The first-order chi connectivity index (χ1) is 10.3. The Bertz CT molecular complexity index is 791. The van der Waals surface area contributed by atoms with Crippen LogP contribution in [0.2, 0.25) is 0 Å². The summed E-state index contributed by atoms with van der Waals surface area (Å²) in [5, 5.41) is 10.6. The maximum absolute atomic E-state index is 12.5. The minimum atomic E-state index is -3.71. The molecule has 0 spiro atoms. The Kier molecular flexibility index (Phi) is 4.94. The van der Waals surface area contributed by atoms with Crippen LogP contribution in [-0.4, -0.2) is 24.7 Å². The van der Waals surface area contributed by atoms with Crippen LogP contribution in [0.5, 0.6) is 0 Å². The van der Waals surface area contributed by atoms with Gasteiger partial charge in [-0.1, -0.05) is 34.1 Å². The first-order valence-corrected chi connectivity index (χ1v) is 8.50. The third-order valence-corrected chi connectivity index (χ3v) is 5.70. The van der Waals surface area contributed by atoms with Gasteiger partial charge in [0, 0.05) is 30.2 Å². The van der Waals surface area contributed by atoms with Gasteiger partial charge in [0.15, 0.2) is 0 Å². The molecule has 0 N–H and O–H groups in total. The van der Waals surface area contributed by atoms with Crippen LogP contribution in [0.3, 0.4) is 0 Å². The highest BCUT2D eigenvalue weighted by molar-refractivity contribution is 9.10. The summed E-state index contributed by atoms with van der Waals surface area (Å²) in [6, 6.07) is 12.2. The molecule has 0 fully saturated rings. The van der Waals surface area contributed by atoms with E-state index in [0.717, 1.165) is 10.0 Å². The van der Waals surface area contributed by atoms with E-state index in [1.165, 1.54) is 35.6 Å². The van der Waals surface area contributed by atoms with Crippen molar-refractivity contribution in [3.05, 3.63) is 68.7 Å². The summed E-state index contributed by atoms with van der Waals surface area (Å²) in [7, 11) is -2.24. The zero-order valence-electron chi connectivity index (χ0n) is 11.6. The second kappa shape index (κ2) is 6.55. The normalized spacial score (nSPS) is 11.6. The Morgan fingerprint density at radius 2 is 1.73 bits per heavy atom. The average molecular weight is 385 g/mol. The van der Waals surface area contributed by atoms with Gasteiger partial charge in [0.25, 0.3) is 5.69 Å². The number of benzene rings is 2. The number of nitrogens with zero attached hydrogens (tertiary/aromatic N) is 2. The number of hydrogen-bond donors (Lipinski definition) is 0. The molecule has 0 saturated heterocycles. The number of halogens is 1. The Hall–Kier alpha value is -1.77. The number of nitro benzene ring substituents is 1. The summed E-state index contributed by atoms with van der Waals surface area (Å²) in [6.07, 6.45) is 0. The second-order valence-electron chi connectivity index (χ2n) is 4.60. The van der Waals surface area contributed by atoms with Gasteiger partial charge >= 0.3 is 0 Å². The van der Waals surface area contributed by atoms with Crippen molar-refractivity contribution in [2.24, 2.45) is 0 Å². The molecular weight excluding hydrogens is 372 g/mol. The molecule has 0 heterocycles. The summed E-state index contributed by atoms with van der Waals surface area (Å²) in [4.78, 5) is 10.1. The maximum Gasteiger partial charge on any atom is 0.269 e. The largest absolute Gasteiger partial charge is 0.269 e. The summed E-state index contributed by atoms with van der Waals surface area (Å²) < 4.78 is 27.0. The predicted octanol–water partition coefficient (Wildman–Crippen LogP) is 3.18. The molecule has 116 valence electrons. The summed E-state index contributed by atoms with van der Waals surface area (Å²) in [5.41, 5.74) is 0.683. The van der Waals surface area contributed by atoms with Crippen molar-refractivity contribution in [3.8, 4) is 0 Å². The van der Waals surface area contributed by atoms with E-state index in [4.69, 9.17) is 0 Å². The minimum Gasteiger partial charge on any atom is -0.258 e. The molecule has 0 radical (unpaired) electrons. The van der Waals surface area contributed by atoms with Crippen LogP contribution >= 0.6 is 15.9 Å². The van der Waals surface area contributed by atoms with Gasteiger partial charge < -0.3 is 0 Å². The molecular formula is C14H13BrN2O4S. The lowest BCUT2D eigenvalue weighted by Crippen LogP contribution is -2.26. The van der Waals surface area contributed by atoms with E-state index < -0.39 is 14.9 Å². The quantitative estimate of drug-likeness (QED) is 0.585. The molecule has 0 aliphatic heterocycles. The van der Waals surface area contributed by atoms with Crippen LogP contribution < -0.4 is 0 Å². The molecule has 2 aromatic rings. The second-order valence-corrected chi connectivity index (χ2v) is 7.50. The van der Waals surface area contributed by atoms with Crippen molar-refractivity contribution < 1.29 is 13.3 Å². The average Bonchev–Trinajstić information content (AvgIpc) is 2.49. The molecule has 6 nitrogen and oxygen atoms in total. The van der Waals surface area contributed by atoms with Crippen molar-refractivity contribution in [2.45, 2.75) is 11.4 Å². The minimum absolute atomic E-state index is 0.0210. The smallest absolute Gasteiger partial charge is 0.258 e. The predicted molar refractivity (Wildman–Crippen MR) is 85.9 cm³/mol. The molecule has 0 atom stereocenters. The van der Waals surface area contributed by atoms with Crippen molar-refractivity contribution in [2.75, 3.05) is 7.05 Å². The van der Waals surface area contributed by atoms with Gasteiger partial charge in [0.05, 0.1) is 9.82 Å². The third-order valence-electron chi connectivity index (χ3n) is 3.11. The van der Waals surface area contributed by atoms with Crippen molar-refractivity contribution >= 4 is 31.6 Å². The molecule has 0 bridgehead atoms. The van der Waals surface area contributed by atoms with Crippen molar-refractivity contribution in [1.82, 2.24) is 4.31 Å². The first kappa shape index (κ1) is 16.6. The molecule has 0 amide bonds. The summed E-state index contributed by atoms with van der Waals surface area (Å²) in [6.45, 7) is 0.195. The molecule has 0 aliphatic rings. The Morgan fingerprint density at radius 3 is 2.27 bits per heavy atom. The van der Waals surface area contributed by atoms with E-state index in [1.54, 1.807) is 0 Å². The standard InChI is InChI=1S/C14H13BrN2O4S/c1-16(10-11-4-2-3-5-14(11)15)22(20,21)13-8-6-12(7-9-13)17(18)19/h2-9H,10H2,1H3. The van der Waals surface area contributed by atoms with Crippen LogP contribution in [0.15, 0.2) is 57.9 Å². The van der Waals surface area contributed by atoms with Gasteiger partial charge in [-0.2, -0.15) is 4.31 Å². The lowest BCUT2D eigenvalue weighted by Gasteiger charge is -2.18. The SMILES string of the molecule is CN(Cc1ccccc1Br)S(=O)(=O)c1ccc([N+](=O)[O-])cc1. The van der Waals surface area contributed by atoms with E-state index in [1.807, 2.05) is 24.3 Å². The molecule has 0 aliphatic carbocycles. The van der Waals surface area contributed by atoms with Gasteiger partial charge in [0.2, 0.25) is 10.0 Å². The fourth-order valence-electron chi connectivity index (χ4n) is 1.87. The van der Waals surface area contributed by atoms with Crippen LogP contribution in [0, 0.1) is 10.1 Å². The topological polar surface area (TPSA) is 80.5 Å². The number of hydrogen-bond acceptors (Lipinski definition) is 4. The molecule has 2 aromatic carbocycles. The number of rotatable bonds is 5. The lowest BCUT2D eigenvalue weighted by atomic mass is 10.2. The molecule has 8 heteroatoms. The molecule has 0 unspecified atom stereocenters. The van der Waals surface area contributed by atoms with E-state index in [-0.39, 0.29) is 17.1 Å². The zero-order chi connectivity index (χ0) is 16.3. The van der Waals surface area contributed by atoms with Gasteiger partial charge in [-0.05, 0) is 23.8 Å². The van der Waals surface area contributed by atoms with E-state index >= 15 is 0 Å². The van der Waals surface area contributed by atoms with Gasteiger partial charge in [-0.25, -0.2) is 8.42 Å². The summed E-state index contributed by atoms with van der Waals surface area (Å²) in [5.74, 6) is 0. The van der Waals surface area contributed by atoms with Crippen LogP contribution in [0.4, 0.5) is 5.69 Å². The van der Waals surface area contributed by atoms with Gasteiger partial charge in [-0.3, -0.25) is 10.1 Å². The van der Waals surface area contributed by atoms with Gasteiger partial charge in [-0.15, -0.1) is 0 Å². The van der Waals surface area contributed by atoms with Crippen LogP contribution in [0.25, 0.3) is 0 Å². The van der Waals surface area contributed by atoms with Crippen molar-refractivity contribution in [3.63, 3.8) is 0 Å². The highest BCUT2D eigenvalue weighted by Gasteiger charge is 2.22. The highest BCUT2D eigenvalue weighted by atomic mass is 79.9. The number of nitro groups is 1. The van der Waals surface area contributed by atoms with Crippen LogP contribution in [-0.2, 0) is 16.6 Å². The number of non-ortho nitro benzene ring substituents is 1. The van der Waals surface area contributed by atoms with Crippen LogP contribution in [0.1, 0.15) is 5.56 Å². The number of sulfonamides is 1. The Labute approximate surface area is 136 Å².